The molecule has 2 aromatic rings. The Balaban J connectivity index is 1.69. The van der Waals surface area contributed by atoms with E-state index in [-0.39, 0.29) is 12.7 Å². The Kier molecular flexibility index (Phi) is 3.88. The van der Waals surface area contributed by atoms with Gasteiger partial charge in [-0.25, -0.2) is 0 Å². The summed E-state index contributed by atoms with van der Waals surface area (Å²) in [6.45, 7) is 0.609. The molecule has 0 aromatic heterocycles. The summed E-state index contributed by atoms with van der Waals surface area (Å²) in [5, 5.41) is 9.18. The number of aliphatic hydroxyl groups is 1. The second kappa shape index (κ2) is 5.97. The van der Waals surface area contributed by atoms with E-state index in [1.165, 1.54) is 5.56 Å². The highest BCUT2D eigenvalue weighted by atomic mass is 16.5. The fraction of sp³-hybridized carbons (Fsp3) is 0.294. The van der Waals surface area contributed by atoms with Gasteiger partial charge in [0.2, 0.25) is 0 Å². The monoisotopic (exact) mass is 270 g/mol. The normalized spacial score (nSPS) is 17.1. The summed E-state index contributed by atoms with van der Waals surface area (Å²) in [6, 6.07) is 16.0. The lowest BCUT2D eigenvalue weighted by Crippen LogP contribution is -2.26. The molecular weight excluding hydrogens is 252 g/mol. The predicted molar refractivity (Wildman–Crippen MR) is 77.0 cm³/mol. The first-order chi connectivity index (χ1) is 9.85. The van der Waals surface area contributed by atoms with Crippen LogP contribution < -0.4 is 9.47 Å². The van der Waals surface area contributed by atoms with E-state index in [9.17, 15) is 5.11 Å². The molecule has 0 fully saturated rings. The van der Waals surface area contributed by atoms with Gasteiger partial charge in [0.05, 0.1) is 6.61 Å². The van der Waals surface area contributed by atoms with Gasteiger partial charge < -0.3 is 14.6 Å². The van der Waals surface area contributed by atoms with Crippen LogP contribution in [0.1, 0.15) is 17.5 Å². The Morgan fingerprint density at radius 1 is 1.15 bits per heavy atom. The van der Waals surface area contributed by atoms with Crippen LogP contribution in [0.2, 0.25) is 0 Å². The molecule has 0 saturated carbocycles. The number of aryl methyl sites for hydroxylation is 1. The van der Waals surface area contributed by atoms with Crippen LogP contribution in [0.3, 0.4) is 0 Å². The molecule has 0 spiro atoms. The molecule has 1 aliphatic rings. The zero-order valence-corrected chi connectivity index (χ0v) is 11.3. The summed E-state index contributed by atoms with van der Waals surface area (Å²) >= 11 is 0. The molecule has 0 radical (unpaired) electrons. The number of hydrogen-bond donors (Lipinski definition) is 1. The molecule has 3 heteroatoms. The molecule has 3 nitrogen and oxygen atoms in total. The van der Waals surface area contributed by atoms with Gasteiger partial charge >= 0.3 is 0 Å². The topological polar surface area (TPSA) is 38.7 Å². The number of benzene rings is 2. The molecule has 1 atom stereocenters. The molecule has 1 N–H and O–H groups in total. The minimum atomic E-state index is -0.0909. The molecule has 104 valence electrons. The molecule has 2 aromatic carbocycles. The van der Waals surface area contributed by atoms with Crippen molar-refractivity contribution in [2.45, 2.75) is 25.6 Å². The maximum absolute atomic E-state index is 9.18. The zero-order chi connectivity index (χ0) is 13.8. The highest BCUT2D eigenvalue weighted by molar-refractivity contribution is 5.42. The maximum atomic E-state index is 9.18. The van der Waals surface area contributed by atoms with E-state index < -0.39 is 0 Å². The van der Waals surface area contributed by atoms with Crippen molar-refractivity contribution < 1.29 is 14.6 Å². The van der Waals surface area contributed by atoms with Crippen LogP contribution in [0.15, 0.2) is 48.5 Å². The predicted octanol–water partition coefficient (Wildman–Crippen LogP) is 2.95. The quantitative estimate of drug-likeness (QED) is 0.928. The first-order valence-electron chi connectivity index (χ1n) is 6.92. The third-order valence-electron chi connectivity index (χ3n) is 3.52. The Bertz CT molecular complexity index is 566. The third-order valence-corrected chi connectivity index (χ3v) is 3.52. The van der Waals surface area contributed by atoms with E-state index in [0.29, 0.717) is 6.61 Å². The van der Waals surface area contributed by atoms with E-state index >= 15 is 0 Å². The van der Waals surface area contributed by atoms with Crippen LogP contribution in [-0.2, 0) is 13.0 Å². The van der Waals surface area contributed by atoms with Gasteiger partial charge in [-0.3, -0.25) is 0 Å². The molecular formula is C17H18O3. The van der Waals surface area contributed by atoms with Gasteiger partial charge in [-0.05, 0) is 30.0 Å². The number of fused-ring (bicyclic) bond motifs is 1. The Morgan fingerprint density at radius 3 is 2.80 bits per heavy atom. The second-order valence-corrected chi connectivity index (χ2v) is 5.00. The molecule has 1 heterocycles. The molecule has 0 aliphatic carbocycles. The van der Waals surface area contributed by atoms with Gasteiger partial charge in [-0.1, -0.05) is 36.4 Å². The summed E-state index contributed by atoms with van der Waals surface area (Å²) in [7, 11) is 0. The van der Waals surface area contributed by atoms with Crippen molar-refractivity contribution in [3.05, 3.63) is 59.7 Å². The summed E-state index contributed by atoms with van der Waals surface area (Å²) in [6.07, 6.45) is 1.72. The Morgan fingerprint density at radius 2 is 2.00 bits per heavy atom. The molecule has 0 bridgehead atoms. The zero-order valence-electron chi connectivity index (χ0n) is 11.3. The SMILES string of the molecule is OCC1CCc2ccc(OCc3ccccc3)cc2O1. The van der Waals surface area contributed by atoms with Crippen molar-refractivity contribution >= 4 is 0 Å². The number of hydrogen-bond acceptors (Lipinski definition) is 3. The van der Waals surface area contributed by atoms with Crippen molar-refractivity contribution in [3.63, 3.8) is 0 Å². The molecule has 20 heavy (non-hydrogen) atoms. The standard InChI is InChI=1S/C17H18O3/c18-11-16-9-7-14-6-8-15(10-17(14)20-16)19-12-13-4-2-1-3-5-13/h1-6,8,10,16,18H,7,9,11-12H2. The van der Waals surface area contributed by atoms with Crippen LogP contribution in [0, 0.1) is 0 Å². The van der Waals surface area contributed by atoms with E-state index in [1.807, 2.05) is 48.5 Å². The average Bonchev–Trinajstić information content (AvgIpc) is 2.53. The van der Waals surface area contributed by atoms with Gasteiger partial charge in [0.1, 0.15) is 24.2 Å². The Hall–Kier alpha value is -2.00. The van der Waals surface area contributed by atoms with Crippen LogP contribution in [0.25, 0.3) is 0 Å². The smallest absolute Gasteiger partial charge is 0.126 e. The maximum Gasteiger partial charge on any atom is 0.126 e. The average molecular weight is 270 g/mol. The molecule has 1 aliphatic heterocycles. The van der Waals surface area contributed by atoms with Crippen LogP contribution in [0.4, 0.5) is 0 Å². The van der Waals surface area contributed by atoms with Crippen LogP contribution in [-0.4, -0.2) is 17.8 Å². The fourth-order valence-electron chi connectivity index (χ4n) is 2.37. The van der Waals surface area contributed by atoms with Crippen molar-refractivity contribution in [1.82, 2.24) is 0 Å². The van der Waals surface area contributed by atoms with E-state index in [4.69, 9.17) is 9.47 Å². The minimum Gasteiger partial charge on any atom is -0.489 e. The lowest BCUT2D eigenvalue weighted by molar-refractivity contribution is 0.0974. The van der Waals surface area contributed by atoms with Gasteiger partial charge in [-0.2, -0.15) is 0 Å². The van der Waals surface area contributed by atoms with Crippen LogP contribution >= 0.6 is 0 Å². The minimum absolute atomic E-state index is 0.0640. The first-order valence-corrected chi connectivity index (χ1v) is 6.92. The summed E-state index contributed by atoms with van der Waals surface area (Å²) in [5.41, 5.74) is 2.32. The van der Waals surface area contributed by atoms with E-state index in [2.05, 4.69) is 0 Å². The van der Waals surface area contributed by atoms with Crippen molar-refractivity contribution in [2.75, 3.05) is 6.61 Å². The highest BCUT2D eigenvalue weighted by Gasteiger charge is 2.19. The Labute approximate surface area is 118 Å². The van der Waals surface area contributed by atoms with Gasteiger partial charge in [0.15, 0.2) is 0 Å². The van der Waals surface area contributed by atoms with Crippen molar-refractivity contribution in [2.24, 2.45) is 0 Å². The summed E-state index contributed by atoms with van der Waals surface area (Å²) < 4.78 is 11.5. The summed E-state index contributed by atoms with van der Waals surface area (Å²) in [4.78, 5) is 0. The second-order valence-electron chi connectivity index (χ2n) is 5.00. The number of aliphatic hydroxyl groups excluding tert-OH is 1. The molecule has 1 unspecified atom stereocenters. The number of rotatable bonds is 4. The van der Waals surface area contributed by atoms with Gasteiger partial charge in [0.25, 0.3) is 0 Å². The highest BCUT2D eigenvalue weighted by Crippen LogP contribution is 2.31. The first kappa shape index (κ1) is 13.0. The van der Waals surface area contributed by atoms with E-state index in [1.54, 1.807) is 0 Å². The molecule has 0 saturated heterocycles. The van der Waals surface area contributed by atoms with Crippen molar-refractivity contribution in [3.8, 4) is 11.5 Å². The van der Waals surface area contributed by atoms with Crippen LogP contribution in [0.5, 0.6) is 11.5 Å². The number of ether oxygens (including phenoxy) is 2. The van der Waals surface area contributed by atoms with E-state index in [0.717, 1.165) is 29.9 Å². The van der Waals surface area contributed by atoms with Gasteiger partial charge in [0, 0.05) is 6.07 Å². The molecule has 3 rings (SSSR count). The summed E-state index contributed by atoms with van der Waals surface area (Å²) in [5.74, 6) is 1.63. The fourth-order valence-corrected chi connectivity index (χ4v) is 2.37. The van der Waals surface area contributed by atoms with Gasteiger partial charge in [-0.15, -0.1) is 0 Å². The lowest BCUT2D eigenvalue weighted by atomic mass is 10.0. The third kappa shape index (κ3) is 2.94. The lowest BCUT2D eigenvalue weighted by Gasteiger charge is -2.25. The largest absolute Gasteiger partial charge is 0.489 e. The molecule has 0 amide bonds. The van der Waals surface area contributed by atoms with Crippen molar-refractivity contribution in [1.29, 1.82) is 0 Å².